The molecular weight excluding hydrogens is 602 g/mol. The third-order valence-corrected chi connectivity index (χ3v) is 9.25. The summed E-state index contributed by atoms with van der Waals surface area (Å²) in [5.41, 5.74) is 2.46. The van der Waals surface area contributed by atoms with Crippen LogP contribution in [0.25, 0.3) is 0 Å². The monoisotopic (exact) mass is 633 g/mol. The summed E-state index contributed by atoms with van der Waals surface area (Å²) in [4.78, 5) is 28.5. The second-order valence-corrected chi connectivity index (χ2v) is 12.5. The van der Waals surface area contributed by atoms with Crippen LogP contribution < -0.4 is 24.0 Å². The molecule has 0 bridgehead atoms. The van der Waals surface area contributed by atoms with E-state index in [2.05, 4.69) is 5.32 Å². The van der Waals surface area contributed by atoms with Gasteiger partial charge in [-0.25, -0.2) is 8.42 Å². The van der Waals surface area contributed by atoms with Crippen molar-refractivity contribution in [3.63, 3.8) is 0 Å². The first kappa shape index (κ1) is 30.9. The van der Waals surface area contributed by atoms with Crippen molar-refractivity contribution in [3.05, 3.63) is 113 Å². The Hall–Kier alpha value is -4.54. The van der Waals surface area contributed by atoms with Gasteiger partial charge < -0.3 is 19.7 Å². The van der Waals surface area contributed by atoms with Crippen LogP contribution in [-0.2, 0) is 26.0 Å². The summed E-state index contributed by atoms with van der Waals surface area (Å²) in [5, 5.41) is 3.30. The van der Waals surface area contributed by atoms with Gasteiger partial charge in [-0.3, -0.25) is 13.9 Å². The van der Waals surface area contributed by atoms with Crippen LogP contribution >= 0.6 is 11.6 Å². The van der Waals surface area contributed by atoms with Gasteiger partial charge in [-0.1, -0.05) is 60.1 Å². The van der Waals surface area contributed by atoms with Gasteiger partial charge >= 0.3 is 0 Å². The fourth-order valence-electron chi connectivity index (χ4n) is 4.93. The Morgan fingerprint density at radius 3 is 2.43 bits per heavy atom. The van der Waals surface area contributed by atoms with E-state index in [1.165, 1.54) is 30.2 Å². The number of anilines is 2. The molecule has 0 aliphatic carbocycles. The van der Waals surface area contributed by atoms with Gasteiger partial charge in [0.25, 0.3) is 15.9 Å². The fraction of sp³-hybridized carbons (Fsp3) is 0.212. The second kappa shape index (κ2) is 13.4. The molecule has 9 nitrogen and oxygen atoms in total. The van der Waals surface area contributed by atoms with Crippen molar-refractivity contribution < 1.29 is 27.5 Å². The first-order valence-electron chi connectivity index (χ1n) is 14.0. The molecule has 228 valence electrons. The standard InChI is InChI=1S/C33H32ClN3O6S/c1-23-12-17-29(42-2)31(20-23)44(40,41)37(26-15-13-25(34)14-16-26)22-32(38)36-21-30(43-28-11-7-6-10-27(28)36)33(39)35-19-18-24-8-4-3-5-9-24/h3-17,20,30H,18-19,21-22H2,1-2H3,(H,35,39). The van der Waals surface area contributed by atoms with Gasteiger partial charge in [-0.05, 0) is 73.0 Å². The third kappa shape index (κ3) is 6.82. The Balaban J connectivity index is 1.43. The van der Waals surface area contributed by atoms with Gasteiger partial charge in [0.2, 0.25) is 5.91 Å². The number of carbonyl (C=O) groups excluding carboxylic acids is 2. The molecule has 1 unspecified atom stereocenters. The molecule has 0 fully saturated rings. The van der Waals surface area contributed by atoms with Gasteiger partial charge in [-0.15, -0.1) is 0 Å². The number of aryl methyl sites for hydroxylation is 1. The largest absolute Gasteiger partial charge is 0.495 e. The van der Waals surface area contributed by atoms with Crippen LogP contribution in [0.15, 0.2) is 102 Å². The number of benzene rings is 4. The lowest BCUT2D eigenvalue weighted by Crippen LogP contribution is -2.53. The van der Waals surface area contributed by atoms with Crippen LogP contribution in [0.1, 0.15) is 11.1 Å². The number of nitrogens with one attached hydrogen (secondary N) is 1. The number of rotatable bonds is 10. The van der Waals surface area contributed by atoms with E-state index in [4.69, 9.17) is 21.1 Å². The van der Waals surface area contributed by atoms with E-state index in [1.807, 2.05) is 30.3 Å². The number of hydrogen-bond acceptors (Lipinski definition) is 6. The molecule has 0 radical (unpaired) electrons. The highest BCUT2D eigenvalue weighted by Crippen LogP contribution is 2.35. The molecule has 0 saturated heterocycles. The minimum Gasteiger partial charge on any atom is -0.495 e. The minimum atomic E-state index is -4.30. The number of methoxy groups -OCH3 is 1. The summed E-state index contributed by atoms with van der Waals surface area (Å²) in [6.07, 6.45) is -0.364. The Morgan fingerprint density at radius 1 is 1.00 bits per heavy atom. The quantitative estimate of drug-likeness (QED) is 0.263. The van der Waals surface area contributed by atoms with E-state index in [0.717, 1.165) is 9.87 Å². The lowest BCUT2D eigenvalue weighted by molar-refractivity contribution is -0.128. The zero-order valence-corrected chi connectivity index (χ0v) is 25.8. The molecule has 2 amide bonds. The molecule has 1 atom stereocenters. The normalized spacial score (nSPS) is 14.2. The first-order valence-corrected chi connectivity index (χ1v) is 15.8. The predicted molar refractivity (Wildman–Crippen MR) is 170 cm³/mol. The summed E-state index contributed by atoms with van der Waals surface area (Å²) in [5.74, 6) is -0.435. The molecule has 4 aromatic carbocycles. The second-order valence-electron chi connectivity index (χ2n) is 10.2. The molecule has 5 rings (SSSR count). The van der Waals surface area contributed by atoms with E-state index < -0.39 is 28.6 Å². The SMILES string of the molecule is COc1ccc(C)cc1S(=O)(=O)N(CC(=O)N1CC(C(=O)NCCc2ccccc2)Oc2ccccc21)c1ccc(Cl)cc1. The van der Waals surface area contributed by atoms with Crippen LogP contribution in [0.4, 0.5) is 11.4 Å². The maximum Gasteiger partial charge on any atom is 0.268 e. The average molecular weight is 634 g/mol. The van der Waals surface area contributed by atoms with Gasteiger partial charge in [0.15, 0.2) is 6.10 Å². The molecule has 1 aliphatic heterocycles. The molecule has 44 heavy (non-hydrogen) atoms. The van der Waals surface area contributed by atoms with Gasteiger partial charge in [-0.2, -0.15) is 0 Å². The van der Waals surface area contributed by atoms with Crippen LogP contribution in [0, 0.1) is 6.92 Å². The van der Waals surface area contributed by atoms with Crippen molar-refractivity contribution in [2.75, 3.05) is 35.9 Å². The molecule has 0 aromatic heterocycles. The molecule has 4 aromatic rings. The summed E-state index contributed by atoms with van der Waals surface area (Å²) in [6.45, 7) is 1.50. The summed E-state index contributed by atoms with van der Waals surface area (Å²) in [6, 6.07) is 27.6. The van der Waals surface area contributed by atoms with Crippen molar-refractivity contribution >= 4 is 44.8 Å². The van der Waals surface area contributed by atoms with Crippen molar-refractivity contribution in [2.45, 2.75) is 24.3 Å². The minimum absolute atomic E-state index is 0.0826. The van der Waals surface area contributed by atoms with Crippen molar-refractivity contribution in [2.24, 2.45) is 0 Å². The fourth-order valence-corrected chi connectivity index (χ4v) is 6.71. The lowest BCUT2D eigenvalue weighted by atomic mass is 10.1. The molecular formula is C33H32ClN3O6S. The number of halogens is 1. The average Bonchev–Trinajstić information content (AvgIpc) is 3.03. The zero-order valence-electron chi connectivity index (χ0n) is 24.3. The van der Waals surface area contributed by atoms with Gasteiger partial charge in [0.05, 0.1) is 25.0 Å². The van der Waals surface area contributed by atoms with Crippen LogP contribution in [-0.4, -0.2) is 53.1 Å². The van der Waals surface area contributed by atoms with Crippen LogP contribution in [0.3, 0.4) is 0 Å². The highest BCUT2D eigenvalue weighted by Gasteiger charge is 2.37. The van der Waals surface area contributed by atoms with Crippen LogP contribution in [0.2, 0.25) is 5.02 Å². The van der Waals surface area contributed by atoms with E-state index in [0.29, 0.717) is 35.0 Å². The first-order chi connectivity index (χ1) is 21.2. The van der Waals surface area contributed by atoms with Gasteiger partial charge in [0.1, 0.15) is 22.9 Å². The zero-order chi connectivity index (χ0) is 31.3. The van der Waals surface area contributed by atoms with Crippen molar-refractivity contribution in [3.8, 4) is 11.5 Å². The van der Waals surface area contributed by atoms with E-state index in [-0.39, 0.29) is 28.8 Å². The Labute approximate surface area is 262 Å². The number of hydrogen-bond donors (Lipinski definition) is 1. The highest BCUT2D eigenvalue weighted by molar-refractivity contribution is 7.93. The highest BCUT2D eigenvalue weighted by atomic mass is 35.5. The third-order valence-electron chi connectivity index (χ3n) is 7.20. The number of amides is 2. The predicted octanol–water partition coefficient (Wildman–Crippen LogP) is 5.01. The number of carbonyl (C=O) groups is 2. The summed E-state index contributed by atoms with van der Waals surface area (Å²) in [7, 11) is -2.92. The molecule has 0 saturated carbocycles. The Bertz CT molecular complexity index is 1750. The molecule has 1 N–H and O–H groups in total. The molecule has 1 aliphatic rings. The lowest BCUT2D eigenvalue weighted by Gasteiger charge is -2.35. The van der Waals surface area contributed by atoms with Crippen molar-refractivity contribution in [1.82, 2.24) is 5.32 Å². The summed E-state index contributed by atoms with van der Waals surface area (Å²) >= 11 is 6.10. The number of ether oxygens (including phenoxy) is 2. The topological polar surface area (TPSA) is 105 Å². The van der Waals surface area contributed by atoms with Crippen molar-refractivity contribution in [1.29, 1.82) is 0 Å². The van der Waals surface area contributed by atoms with E-state index >= 15 is 0 Å². The number of nitrogens with zero attached hydrogens (tertiary/aromatic N) is 2. The number of para-hydroxylation sites is 2. The maximum atomic E-state index is 14.2. The molecule has 1 heterocycles. The van der Waals surface area contributed by atoms with Crippen LogP contribution in [0.5, 0.6) is 11.5 Å². The Morgan fingerprint density at radius 2 is 1.70 bits per heavy atom. The number of sulfonamides is 1. The maximum absolute atomic E-state index is 14.2. The summed E-state index contributed by atoms with van der Waals surface area (Å²) < 4.78 is 40.7. The van der Waals surface area contributed by atoms with E-state index in [1.54, 1.807) is 55.5 Å². The smallest absolute Gasteiger partial charge is 0.268 e. The van der Waals surface area contributed by atoms with E-state index in [9.17, 15) is 18.0 Å². The molecule has 0 spiro atoms. The molecule has 11 heteroatoms. The van der Waals surface area contributed by atoms with Gasteiger partial charge in [0, 0.05) is 11.6 Å². The Kier molecular flexibility index (Phi) is 9.41. The number of fused-ring (bicyclic) bond motifs is 1.